The Hall–Kier alpha value is -0.0400. The first-order valence-corrected chi connectivity index (χ1v) is 4.20. The van der Waals surface area contributed by atoms with Gasteiger partial charge in [0.05, 0.1) is 6.10 Å². The fourth-order valence-electron chi connectivity index (χ4n) is 1.41. The third-order valence-corrected chi connectivity index (χ3v) is 2.44. The lowest BCUT2D eigenvalue weighted by Crippen LogP contribution is -2.15. The van der Waals surface area contributed by atoms with Gasteiger partial charge in [-0.25, -0.2) is 0 Å². The molecule has 0 aromatic heterocycles. The quantitative estimate of drug-likeness (QED) is 0.573. The number of rotatable bonds is 2. The summed E-state index contributed by atoms with van der Waals surface area (Å²) in [6.45, 7) is 7.64. The molecule has 2 unspecified atom stereocenters. The molecule has 0 amide bonds. The first kappa shape index (κ1) is 8.06. The van der Waals surface area contributed by atoms with E-state index in [1.54, 1.807) is 0 Å². The maximum absolute atomic E-state index is 5.56. The second kappa shape index (κ2) is 3.38. The molecule has 0 N–H and O–H groups in total. The second-order valence-electron chi connectivity index (χ2n) is 3.28. The van der Waals surface area contributed by atoms with E-state index in [1.807, 2.05) is 0 Å². The van der Waals surface area contributed by atoms with E-state index in [1.165, 1.54) is 0 Å². The summed E-state index contributed by atoms with van der Waals surface area (Å²) >= 11 is 0. The molecular formula is C9H17O. The van der Waals surface area contributed by atoms with E-state index in [-0.39, 0.29) is 0 Å². The lowest BCUT2D eigenvalue weighted by atomic mass is 9.92. The van der Waals surface area contributed by atoms with Crippen molar-refractivity contribution in [3.63, 3.8) is 0 Å². The molecular weight excluding hydrogens is 124 g/mol. The van der Waals surface area contributed by atoms with E-state index in [0.717, 1.165) is 24.9 Å². The lowest BCUT2D eigenvalue weighted by Gasteiger charge is -2.14. The van der Waals surface area contributed by atoms with E-state index >= 15 is 0 Å². The van der Waals surface area contributed by atoms with Crippen LogP contribution in [0.25, 0.3) is 0 Å². The van der Waals surface area contributed by atoms with Gasteiger partial charge < -0.3 is 4.74 Å². The maximum Gasteiger partial charge on any atom is 0.0635 e. The van der Waals surface area contributed by atoms with E-state index in [2.05, 4.69) is 27.2 Å². The van der Waals surface area contributed by atoms with Crippen molar-refractivity contribution < 1.29 is 4.74 Å². The van der Waals surface area contributed by atoms with Crippen LogP contribution in [-0.2, 0) is 4.74 Å². The van der Waals surface area contributed by atoms with Crippen LogP contribution in [0.3, 0.4) is 0 Å². The third-order valence-electron chi connectivity index (χ3n) is 2.44. The molecule has 1 fully saturated rings. The number of ether oxygens (including phenoxy) is 1. The van der Waals surface area contributed by atoms with Gasteiger partial charge in [0.1, 0.15) is 0 Å². The van der Waals surface area contributed by atoms with Crippen LogP contribution < -0.4 is 0 Å². The highest BCUT2D eigenvalue weighted by molar-refractivity contribution is 4.87. The average molecular weight is 141 g/mol. The van der Waals surface area contributed by atoms with Gasteiger partial charge in [0.15, 0.2) is 0 Å². The summed E-state index contributed by atoms with van der Waals surface area (Å²) in [7, 11) is 0. The van der Waals surface area contributed by atoms with Gasteiger partial charge >= 0.3 is 0 Å². The summed E-state index contributed by atoms with van der Waals surface area (Å²) in [5, 5.41) is 0. The van der Waals surface area contributed by atoms with Gasteiger partial charge in [-0.05, 0) is 18.3 Å². The molecule has 0 aromatic carbocycles. The van der Waals surface area contributed by atoms with Gasteiger partial charge in [0.2, 0.25) is 0 Å². The monoisotopic (exact) mass is 141 g/mol. The van der Waals surface area contributed by atoms with Crippen LogP contribution in [-0.4, -0.2) is 12.7 Å². The van der Waals surface area contributed by atoms with E-state index < -0.39 is 0 Å². The van der Waals surface area contributed by atoms with Crippen molar-refractivity contribution in [2.45, 2.75) is 33.3 Å². The van der Waals surface area contributed by atoms with Crippen LogP contribution in [0.2, 0.25) is 0 Å². The van der Waals surface area contributed by atoms with Crippen molar-refractivity contribution >= 4 is 0 Å². The molecule has 10 heavy (non-hydrogen) atoms. The Morgan fingerprint density at radius 1 is 1.50 bits per heavy atom. The van der Waals surface area contributed by atoms with Gasteiger partial charge in [0.25, 0.3) is 0 Å². The Labute approximate surface area is 63.8 Å². The zero-order valence-corrected chi connectivity index (χ0v) is 7.13. The maximum atomic E-state index is 5.56. The smallest absolute Gasteiger partial charge is 0.0635 e. The van der Waals surface area contributed by atoms with Crippen LogP contribution in [0, 0.1) is 18.3 Å². The number of hydrogen-bond acceptors (Lipinski definition) is 1. The second-order valence-corrected chi connectivity index (χ2v) is 3.28. The van der Waals surface area contributed by atoms with Crippen molar-refractivity contribution in [3.05, 3.63) is 6.42 Å². The largest absolute Gasteiger partial charge is 0.377 e. The first-order chi connectivity index (χ1) is 4.75. The molecule has 0 bridgehead atoms. The SMILES string of the molecule is CC[CH]C1OCC(C)[C@@H]1C. The van der Waals surface area contributed by atoms with E-state index in [0.29, 0.717) is 6.10 Å². The minimum absolute atomic E-state index is 0.431. The van der Waals surface area contributed by atoms with Crippen LogP contribution in [0.15, 0.2) is 0 Å². The molecule has 0 spiro atoms. The third kappa shape index (κ3) is 1.51. The Morgan fingerprint density at radius 2 is 2.20 bits per heavy atom. The highest BCUT2D eigenvalue weighted by Gasteiger charge is 2.29. The molecule has 1 aliphatic rings. The Kier molecular flexibility index (Phi) is 2.72. The highest BCUT2D eigenvalue weighted by atomic mass is 16.5. The molecule has 1 heterocycles. The highest BCUT2D eigenvalue weighted by Crippen LogP contribution is 2.28. The predicted octanol–water partition coefficient (Wildman–Crippen LogP) is 2.27. The molecule has 0 saturated carbocycles. The molecule has 1 heteroatoms. The van der Waals surface area contributed by atoms with E-state index in [9.17, 15) is 0 Å². The molecule has 1 nitrogen and oxygen atoms in total. The van der Waals surface area contributed by atoms with Crippen LogP contribution in [0.1, 0.15) is 27.2 Å². The fraction of sp³-hybridized carbons (Fsp3) is 0.889. The Balaban J connectivity index is 2.33. The first-order valence-electron chi connectivity index (χ1n) is 4.20. The molecule has 3 atom stereocenters. The van der Waals surface area contributed by atoms with Crippen molar-refractivity contribution in [3.8, 4) is 0 Å². The van der Waals surface area contributed by atoms with Crippen LogP contribution in [0.4, 0.5) is 0 Å². The molecule has 0 aliphatic carbocycles. The minimum atomic E-state index is 0.431. The van der Waals surface area contributed by atoms with Gasteiger partial charge in [-0.3, -0.25) is 0 Å². The lowest BCUT2D eigenvalue weighted by molar-refractivity contribution is 0.115. The summed E-state index contributed by atoms with van der Waals surface area (Å²) in [5.74, 6) is 1.47. The molecule has 0 aromatic rings. The molecule has 1 rings (SSSR count). The van der Waals surface area contributed by atoms with Crippen molar-refractivity contribution in [2.75, 3.05) is 6.61 Å². The summed E-state index contributed by atoms with van der Waals surface area (Å²) in [4.78, 5) is 0. The van der Waals surface area contributed by atoms with Crippen molar-refractivity contribution in [1.29, 1.82) is 0 Å². The average Bonchev–Trinajstić information content (AvgIpc) is 2.20. The van der Waals surface area contributed by atoms with Crippen LogP contribution >= 0.6 is 0 Å². The topological polar surface area (TPSA) is 9.23 Å². The van der Waals surface area contributed by atoms with Gasteiger partial charge in [0, 0.05) is 6.61 Å². The fourth-order valence-corrected chi connectivity index (χ4v) is 1.41. The van der Waals surface area contributed by atoms with Crippen molar-refractivity contribution in [1.82, 2.24) is 0 Å². The predicted molar refractivity (Wildman–Crippen MR) is 42.7 cm³/mol. The molecule has 1 radical (unpaired) electrons. The van der Waals surface area contributed by atoms with Gasteiger partial charge in [-0.15, -0.1) is 0 Å². The Bertz CT molecular complexity index is 98.9. The molecule has 59 valence electrons. The van der Waals surface area contributed by atoms with Crippen molar-refractivity contribution in [2.24, 2.45) is 11.8 Å². The van der Waals surface area contributed by atoms with E-state index in [4.69, 9.17) is 4.74 Å². The summed E-state index contributed by atoms with van der Waals surface area (Å²) in [6, 6.07) is 0. The van der Waals surface area contributed by atoms with Gasteiger partial charge in [-0.2, -0.15) is 0 Å². The standard InChI is InChI=1S/C9H17O/c1-4-5-9-8(3)7(2)6-10-9/h5,7-9H,4,6H2,1-3H3/t7?,8-,9?/m0/s1. The zero-order chi connectivity index (χ0) is 7.56. The molecule has 1 aliphatic heterocycles. The Morgan fingerprint density at radius 3 is 2.60 bits per heavy atom. The summed E-state index contributed by atoms with van der Waals surface area (Å²) in [5.41, 5.74) is 0. The summed E-state index contributed by atoms with van der Waals surface area (Å²) in [6.07, 6.45) is 3.83. The van der Waals surface area contributed by atoms with Crippen LogP contribution in [0.5, 0.6) is 0 Å². The zero-order valence-electron chi connectivity index (χ0n) is 7.13. The van der Waals surface area contributed by atoms with Gasteiger partial charge in [-0.1, -0.05) is 27.2 Å². The minimum Gasteiger partial charge on any atom is -0.377 e. The summed E-state index contributed by atoms with van der Waals surface area (Å²) < 4.78 is 5.56. The number of hydrogen-bond donors (Lipinski definition) is 0. The normalized spacial score (nSPS) is 40.5. The molecule has 1 saturated heterocycles.